The highest BCUT2D eigenvalue weighted by molar-refractivity contribution is 8.00. The van der Waals surface area contributed by atoms with Crippen LogP contribution in [-0.2, 0) is 4.79 Å². The van der Waals surface area contributed by atoms with Gasteiger partial charge in [0, 0.05) is 6.07 Å². The highest BCUT2D eigenvalue weighted by atomic mass is 35.5. The summed E-state index contributed by atoms with van der Waals surface area (Å²) in [5.74, 6) is -0.452. The van der Waals surface area contributed by atoms with Crippen LogP contribution in [0.4, 0.5) is 18.9 Å². The van der Waals surface area contributed by atoms with Gasteiger partial charge in [-0.2, -0.15) is 13.2 Å². The van der Waals surface area contributed by atoms with E-state index in [0.29, 0.717) is 0 Å². The lowest BCUT2D eigenvalue weighted by molar-refractivity contribution is -0.387. The Morgan fingerprint density at radius 3 is 2.47 bits per heavy atom. The molecule has 0 fully saturated rings. The lowest BCUT2D eigenvalue weighted by Gasteiger charge is -2.09. The average molecular weight is 314 g/mol. The summed E-state index contributed by atoms with van der Waals surface area (Å²) in [6.07, 6.45) is 0. The number of ketones is 1. The summed E-state index contributed by atoms with van der Waals surface area (Å²) in [5.41, 5.74) is -5.27. The number of rotatable bonds is 4. The highest BCUT2D eigenvalue weighted by Gasteiger charge is 2.33. The molecule has 0 aliphatic heterocycles. The normalized spacial score (nSPS) is 13.1. The summed E-state index contributed by atoms with van der Waals surface area (Å²) in [6, 6.07) is 2.98. The number of alkyl halides is 4. The molecule has 4 nitrogen and oxygen atoms in total. The van der Waals surface area contributed by atoms with Crippen LogP contribution in [0.2, 0.25) is 0 Å². The van der Waals surface area contributed by atoms with E-state index < -0.39 is 43.9 Å². The molecule has 1 rings (SSSR count). The van der Waals surface area contributed by atoms with Crippen molar-refractivity contribution >= 4 is 34.8 Å². The third kappa shape index (κ3) is 4.39. The smallest absolute Gasteiger partial charge is 0.298 e. The molecule has 0 spiro atoms. The van der Waals surface area contributed by atoms with E-state index in [9.17, 15) is 28.1 Å². The molecule has 1 aromatic rings. The second-order valence-electron chi connectivity index (χ2n) is 3.51. The summed E-state index contributed by atoms with van der Waals surface area (Å²) < 4.78 is 36.7. The van der Waals surface area contributed by atoms with E-state index in [0.717, 1.165) is 12.1 Å². The van der Waals surface area contributed by atoms with E-state index in [1.807, 2.05) is 0 Å². The van der Waals surface area contributed by atoms with Gasteiger partial charge in [-0.1, -0.05) is 6.07 Å². The highest BCUT2D eigenvalue weighted by Crippen LogP contribution is 2.42. The van der Waals surface area contributed by atoms with Crippen molar-refractivity contribution in [1.29, 1.82) is 0 Å². The Bertz CT molecular complexity index is 521. The molecule has 1 aromatic carbocycles. The zero-order valence-corrected chi connectivity index (χ0v) is 11.0. The molecule has 1 unspecified atom stereocenters. The first-order chi connectivity index (χ1) is 8.61. The van der Waals surface area contributed by atoms with Crippen molar-refractivity contribution in [2.75, 3.05) is 0 Å². The first-order valence-electron chi connectivity index (χ1n) is 4.80. The van der Waals surface area contributed by atoms with Gasteiger partial charge >= 0.3 is 5.51 Å². The minimum atomic E-state index is -4.63. The first-order valence-corrected chi connectivity index (χ1v) is 6.05. The number of nitro groups is 1. The van der Waals surface area contributed by atoms with Gasteiger partial charge in [-0.15, -0.1) is 11.6 Å². The molecule has 19 heavy (non-hydrogen) atoms. The predicted octanol–water partition coefficient (Wildman–Crippen LogP) is 4.08. The minimum Gasteiger partial charge on any atom is -0.298 e. The number of hydrogen-bond donors (Lipinski definition) is 0. The Labute approximate surface area is 115 Å². The van der Waals surface area contributed by atoms with E-state index in [-0.39, 0.29) is 5.56 Å². The fraction of sp³-hybridized carbons (Fsp3) is 0.300. The van der Waals surface area contributed by atoms with Crippen LogP contribution < -0.4 is 0 Å². The first kappa shape index (κ1) is 15.8. The van der Waals surface area contributed by atoms with Crippen LogP contribution >= 0.6 is 23.4 Å². The monoisotopic (exact) mass is 313 g/mol. The number of Topliss-reactive ketones (excluding diaryl/α,β-unsaturated/α-hetero) is 1. The van der Waals surface area contributed by atoms with Crippen LogP contribution in [-0.4, -0.2) is 16.2 Å². The topological polar surface area (TPSA) is 60.2 Å². The molecule has 0 bridgehead atoms. The van der Waals surface area contributed by atoms with E-state index >= 15 is 0 Å². The van der Waals surface area contributed by atoms with Gasteiger partial charge in [-0.25, -0.2) is 0 Å². The molecule has 0 radical (unpaired) electrons. The second-order valence-corrected chi connectivity index (χ2v) is 5.05. The van der Waals surface area contributed by atoms with Crippen LogP contribution in [0.1, 0.15) is 17.9 Å². The molecular formula is C10H7ClF3NO3S. The SMILES string of the molecule is CC(=O)C(Cl)c1ccc(SC(F)(F)F)c([N+](=O)[O-])c1. The standard InChI is InChI=1S/C10H7ClF3NO3S/c1-5(16)9(11)6-2-3-8(19-10(12,13)14)7(4-6)15(17)18/h2-4,9H,1H3. The Kier molecular flexibility index (Phi) is 4.81. The molecule has 9 heteroatoms. The van der Waals surface area contributed by atoms with E-state index in [4.69, 9.17) is 11.6 Å². The molecule has 0 saturated carbocycles. The van der Waals surface area contributed by atoms with E-state index in [2.05, 4.69) is 0 Å². The van der Waals surface area contributed by atoms with Crippen molar-refractivity contribution in [3.8, 4) is 0 Å². The van der Waals surface area contributed by atoms with Crippen molar-refractivity contribution in [2.45, 2.75) is 22.7 Å². The summed E-state index contributed by atoms with van der Waals surface area (Å²) in [6.45, 7) is 1.18. The molecular weight excluding hydrogens is 307 g/mol. The maximum absolute atomic E-state index is 12.2. The summed E-state index contributed by atoms with van der Waals surface area (Å²) >= 11 is 5.12. The van der Waals surface area contributed by atoms with Crippen molar-refractivity contribution in [3.63, 3.8) is 0 Å². The lowest BCUT2D eigenvalue weighted by Crippen LogP contribution is -2.05. The third-order valence-electron chi connectivity index (χ3n) is 2.05. The number of carbonyl (C=O) groups excluding carboxylic acids is 1. The van der Waals surface area contributed by atoms with Gasteiger partial charge in [0.05, 0.1) is 9.82 Å². The maximum atomic E-state index is 12.2. The van der Waals surface area contributed by atoms with Gasteiger partial charge in [-0.3, -0.25) is 14.9 Å². The molecule has 0 amide bonds. The molecule has 0 aliphatic carbocycles. The van der Waals surface area contributed by atoms with Crippen LogP contribution in [0.15, 0.2) is 23.1 Å². The van der Waals surface area contributed by atoms with Gasteiger partial charge < -0.3 is 0 Å². The average Bonchev–Trinajstić information content (AvgIpc) is 2.26. The number of halogens is 4. The number of carbonyl (C=O) groups is 1. The van der Waals surface area contributed by atoms with Gasteiger partial charge in [0.2, 0.25) is 0 Å². The number of nitro benzene ring substituents is 1. The largest absolute Gasteiger partial charge is 0.446 e. The van der Waals surface area contributed by atoms with Crippen molar-refractivity contribution in [2.24, 2.45) is 0 Å². The predicted molar refractivity (Wildman–Crippen MR) is 64.3 cm³/mol. The fourth-order valence-electron chi connectivity index (χ4n) is 1.28. The number of benzene rings is 1. The number of thioether (sulfide) groups is 1. The quantitative estimate of drug-likeness (QED) is 0.364. The van der Waals surface area contributed by atoms with Gasteiger partial charge in [0.25, 0.3) is 5.69 Å². The summed E-state index contributed by atoms with van der Waals surface area (Å²) in [7, 11) is 0. The number of nitrogens with zero attached hydrogens (tertiary/aromatic N) is 1. The zero-order valence-electron chi connectivity index (χ0n) is 9.40. The van der Waals surface area contributed by atoms with Crippen molar-refractivity contribution in [1.82, 2.24) is 0 Å². The number of hydrogen-bond acceptors (Lipinski definition) is 4. The van der Waals surface area contributed by atoms with Crippen LogP contribution in [0.25, 0.3) is 0 Å². The van der Waals surface area contributed by atoms with Crippen LogP contribution in [0, 0.1) is 10.1 Å². The van der Waals surface area contributed by atoms with Gasteiger partial charge in [0.1, 0.15) is 5.38 Å². The van der Waals surface area contributed by atoms with Crippen molar-refractivity contribution in [3.05, 3.63) is 33.9 Å². The summed E-state index contributed by atoms with van der Waals surface area (Å²) in [5, 5.41) is 9.63. The summed E-state index contributed by atoms with van der Waals surface area (Å²) in [4.78, 5) is 20.3. The zero-order chi connectivity index (χ0) is 14.8. The Morgan fingerprint density at radius 2 is 2.05 bits per heavy atom. The lowest BCUT2D eigenvalue weighted by atomic mass is 10.1. The van der Waals surface area contributed by atoms with Crippen LogP contribution in [0.5, 0.6) is 0 Å². The molecule has 104 valence electrons. The van der Waals surface area contributed by atoms with E-state index in [1.165, 1.54) is 13.0 Å². The molecule has 0 aliphatic rings. The second kappa shape index (κ2) is 5.79. The molecule has 1 atom stereocenters. The minimum absolute atomic E-state index is 0.0902. The Balaban J connectivity index is 3.22. The Hall–Kier alpha value is -1.28. The van der Waals surface area contributed by atoms with E-state index in [1.54, 1.807) is 0 Å². The third-order valence-corrected chi connectivity index (χ3v) is 3.41. The molecule has 0 N–H and O–H groups in total. The van der Waals surface area contributed by atoms with Crippen molar-refractivity contribution < 1.29 is 22.9 Å². The molecule has 0 heterocycles. The fourth-order valence-corrected chi connectivity index (χ4v) is 2.04. The maximum Gasteiger partial charge on any atom is 0.446 e. The Morgan fingerprint density at radius 1 is 1.47 bits per heavy atom. The molecule has 0 aromatic heterocycles. The molecule has 0 saturated heterocycles. The van der Waals surface area contributed by atoms with Gasteiger partial charge in [-0.05, 0) is 30.3 Å². The van der Waals surface area contributed by atoms with Crippen LogP contribution in [0.3, 0.4) is 0 Å². The van der Waals surface area contributed by atoms with Gasteiger partial charge in [0.15, 0.2) is 5.78 Å².